The van der Waals surface area contributed by atoms with E-state index in [1.165, 1.54) is 24.6 Å². The Bertz CT molecular complexity index is 909. The van der Waals surface area contributed by atoms with Crippen molar-refractivity contribution in [2.24, 2.45) is 0 Å². The number of ether oxygens (including phenoxy) is 2. The van der Waals surface area contributed by atoms with E-state index in [0.29, 0.717) is 17.2 Å². The zero-order valence-corrected chi connectivity index (χ0v) is 15.3. The van der Waals surface area contributed by atoms with Gasteiger partial charge in [-0.15, -0.1) is 0 Å². The Labute approximate surface area is 162 Å². The van der Waals surface area contributed by atoms with Gasteiger partial charge in [-0.1, -0.05) is 18.6 Å². The molecule has 2 aromatic carbocycles. The van der Waals surface area contributed by atoms with Crippen LogP contribution in [0.3, 0.4) is 0 Å². The lowest BCUT2D eigenvalue weighted by Crippen LogP contribution is -2.40. The van der Waals surface area contributed by atoms with Crippen molar-refractivity contribution < 1.29 is 23.5 Å². The number of hydrogen-bond donors (Lipinski definition) is 2. The van der Waals surface area contributed by atoms with E-state index in [9.17, 15) is 14.0 Å². The lowest BCUT2D eigenvalue weighted by atomic mass is 9.94. The molecular weight excluding hydrogens is 363 g/mol. The molecule has 0 bridgehead atoms. The number of hydrogen-bond acceptors (Lipinski definition) is 4. The SMILES string of the molecule is O=C(CNC(=O)c1ccccc1F)Nc1ccc2c(c1)OC1(CCCCC1)O2. The zero-order chi connectivity index (χ0) is 19.6. The Morgan fingerprint density at radius 2 is 1.75 bits per heavy atom. The van der Waals surface area contributed by atoms with E-state index in [1.807, 2.05) is 0 Å². The Morgan fingerprint density at radius 3 is 2.54 bits per heavy atom. The van der Waals surface area contributed by atoms with Gasteiger partial charge in [0.05, 0.1) is 12.1 Å². The van der Waals surface area contributed by atoms with Gasteiger partial charge >= 0.3 is 0 Å². The number of anilines is 1. The van der Waals surface area contributed by atoms with Gasteiger partial charge in [0.2, 0.25) is 5.91 Å². The highest BCUT2D eigenvalue weighted by Crippen LogP contribution is 2.46. The average molecular weight is 384 g/mol. The maximum atomic E-state index is 13.6. The van der Waals surface area contributed by atoms with Gasteiger partial charge in [0, 0.05) is 24.6 Å². The number of nitrogens with one attached hydrogen (secondary N) is 2. The van der Waals surface area contributed by atoms with E-state index in [2.05, 4.69) is 10.6 Å². The Hall–Kier alpha value is -3.09. The first-order valence-corrected chi connectivity index (χ1v) is 9.39. The summed E-state index contributed by atoms with van der Waals surface area (Å²) in [5.41, 5.74) is 0.441. The van der Waals surface area contributed by atoms with Crippen molar-refractivity contribution in [3.63, 3.8) is 0 Å². The highest BCUT2D eigenvalue weighted by atomic mass is 19.1. The van der Waals surface area contributed by atoms with Crippen LogP contribution < -0.4 is 20.1 Å². The number of halogens is 1. The first-order valence-electron chi connectivity index (χ1n) is 9.39. The van der Waals surface area contributed by atoms with E-state index in [4.69, 9.17) is 9.47 Å². The van der Waals surface area contributed by atoms with Crippen LogP contribution in [0, 0.1) is 5.82 Å². The molecule has 1 heterocycles. The number of amides is 2. The summed E-state index contributed by atoms with van der Waals surface area (Å²) in [6, 6.07) is 10.8. The Kier molecular flexibility index (Phi) is 4.90. The van der Waals surface area contributed by atoms with Gasteiger partial charge in [-0.05, 0) is 37.1 Å². The fourth-order valence-electron chi connectivity index (χ4n) is 3.57. The van der Waals surface area contributed by atoms with E-state index in [-0.39, 0.29) is 12.1 Å². The molecule has 1 spiro atoms. The molecule has 1 fully saturated rings. The minimum atomic E-state index is -0.641. The molecule has 4 rings (SSSR count). The topological polar surface area (TPSA) is 76.7 Å². The molecule has 6 nitrogen and oxygen atoms in total. The molecule has 0 atom stereocenters. The van der Waals surface area contributed by atoms with E-state index < -0.39 is 23.4 Å². The first-order chi connectivity index (χ1) is 13.5. The summed E-state index contributed by atoms with van der Waals surface area (Å²) in [6.45, 7) is -0.272. The molecule has 2 amide bonds. The van der Waals surface area contributed by atoms with Crippen LogP contribution in [0.4, 0.5) is 10.1 Å². The quantitative estimate of drug-likeness (QED) is 0.844. The summed E-state index contributed by atoms with van der Waals surface area (Å²) in [4.78, 5) is 24.1. The van der Waals surface area contributed by atoms with Gasteiger partial charge in [0.15, 0.2) is 11.5 Å². The zero-order valence-electron chi connectivity index (χ0n) is 15.3. The van der Waals surface area contributed by atoms with Crippen molar-refractivity contribution in [2.45, 2.75) is 37.9 Å². The van der Waals surface area contributed by atoms with Crippen LogP contribution in [0.25, 0.3) is 0 Å². The predicted octanol–water partition coefficient (Wildman–Crippen LogP) is 3.63. The van der Waals surface area contributed by atoms with E-state index in [1.54, 1.807) is 24.3 Å². The molecule has 2 aliphatic rings. The summed E-state index contributed by atoms with van der Waals surface area (Å²) in [5, 5.41) is 5.11. The van der Waals surface area contributed by atoms with Gasteiger partial charge in [0.25, 0.3) is 11.7 Å². The third-order valence-electron chi connectivity index (χ3n) is 4.96. The fourth-order valence-corrected chi connectivity index (χ4v) is 3.57. The molecule has 2 N–H and O–H groups in total. The number of carbonyl (C=O) groups excluding carboxylic acids is 2. The maximum Gasteiger partial charge on any atom is 0.254 e. The first kappa shape index (κ1) is 18.3. The molecule has 0 radical (unpaired) electrons. The Balaban J connectivity index is 1.34. The van der Waals surface area contributed by atoms with E-state index in [0.717, 1.165) is 25.7 Å². The number of fused-ring (bicyclic) bond motifs is 1. The molecule has 1 aliphatic heterocycles. The lowest BCUT2D eigenvalue weighted by molar-refractivity contribution is -0.115. The number of rotatable bonds is 4. The van der Waals surface area contributed by atoms with Crippen LogP contribution in [0.2, 0.25) is 0 Å². The van der Waals surface area contributed by atoms with Crippen molar-refractivity contribution in [1.29, 1.82) is 0 Å². The van der Waals surface area contributed by atoms with Crippen molar-refractivity contribution in [1.82, 2.24) is 5.32 Å². The standard InChI is InChI=1S/C21H21FN2O4/c22-16-7-3-2-6-15(16)20(26)23-13-19(25)24-14-8-9-17-18(12-14)28-21(27-17)10-4-1-5-11-21/h2-3,6-9,12H,1,4-5,10-11,13H2,(H,23,26)(H,24,25). The predicted molar refractivity (Wildman–Crippen MR) is 101 cm³/mol. The third-order valence-corrected chi connectivity index (χ3v) is 4.96. The van der Waals surface area contributed by atoms with Gasteiger partial charge in [-0.25, -0.2) is 4.39 Å². The lowest BCUT2D eigenvalue weighted by Gasteiger charge is -2.31. The van der Waals surface area contributed by atoms with Crippen molar-refractivity contribution in [3.05, 3.63) is 53.8 Å². The summed E-state index contributed by atoms with van der Waals surface area (Å²) in [7, 11) is 0. The average Bonchev–Trinajstić information content (AvgIpc) is 3.03. The van der Waals surface area contributed by atoms with Gasteiger partial charge in [-0.2, -0.15) is 0 Å². The minimum absolute atomic E-state index is 0.101. The molecule has 146 valence electrons. The maximum absolute atomic E-state index is 13.6. The minimum Gasteiger partial charge on any atom is -0.448 e. The largest absolute Gasteiger partial charge is 0.448 e. The van der Waals surface area contributed by atoms with Crippen LogP contribution in [-0.2, 0) is 4.79 Å². The van der Waals surface area contributed by atoms with Crippen molar-refractivity contribution >= 4 is 17.5 Å². The molecule has 0 aromatic heterocycles. The van der Waals surface area contributed by atoms with Gasteiger partial charge < -0.3 is 20.1 Å². The number of benzene rings is 2. The third kappa shape index (κ3) is 3.78. The molecular formula is C21H21FN2O4. The highest BCUT2D eigenvalue weighted by molar-refractivity contribution is 5.99. The summed E-state index contributed by atoms with van der Waals surface area (Å²) in [6.07, 6.45) is 5.03. The molecule has 1 aliphatic carbocycles. The van der Waals surface area contributed by atoms with Crippen molar-refractivity contribution in [3.8, 4) is 11.5 Å². The van der Waals surface area contributed by atoms with Crippen LogP contribution >= 0.6 is 0 Å². The van der Waals surface area contributed by atoms with Crippen LogP contribution in [0.1, 0.15) is 42.5 Å². The normalized spacial score (nSPS) is 16.6. The molecule has 1 saturated carbocycles. The molecule has 7 heteroatoms. The van der Waals surface area contributed by atoms with E-state index >= 15 is 0 Å². The van der Waals surface area contributed by atoms with Crippen LogP contribution in [0.5, 0.6) is 11.5 Å². The summed E-state index contributed by atoms with van der Waals surface area (Å²) < 4.78 is 25.7. The summed E-state index contributed by atoms with van der Waals surface area (Å²) in [5.74, 6) is -0.985. The van der Waals surface area contributed by atoms with Crippen LogP contribution in [0.15, 0.2) is 42.5 Å². The van der Waals surface area contributed by atoms with Gasteiger partial charge in [0.1, 0.15) is 5.82 Å². The van der Waals surface area contributed by atoms with Crippen molar-refractivity contribution in [2.75, 3.05) is 11.9 Å². The molecule has 0 unspecified atom stereocenters. The van der Waals surface area contributed by atoms with Gasteiger partial charge in [-0.3, -0.25) is 9.59 Å². The monoisotopic (exact) mass is 384 g/mol. The number of carbonyl (C=O) groups is 2. The molecule has 2 aromatic rings. The summed E-state index contributed by atoms with van der Waals surface area (Å²) >= 11 is 0. The molecule has 28 heavy (non-hydrogen) atoms. The van der Waals surface area contributed by atoms with Crippen LogP contribution in [-0.4, -0.2) is 24.1 Å². The second-order valence-electron chi connectivity index (χ2n) is 7.05. The highest BCUT2D eigenvalue weighted by Gasteiger charge is 2.42. The second kappa shape index (κ2) is 7.50. The smallest absolute Gasteiger partial charge is 0.254 e. The second-order valence-corrected chi connectivity index (χ2v) is 7.05. The Morgan fingerprint density at radius 1 is 1.00 bits per heavy atom. The molecule has 0 saturated heterocycles. The fraction of sp³-hybridized carbons (Fsp3) is 0.333.